The number of thiophene rings is 1. The minimum absolute atomic E-state index is 0.00946. The highest BCUT2D eigenvalue weighted by Crippen LogP contribution is 2.42. The number of anilines is 1. The van der Waals surface area contributed by atoms with Gasteiger partial charge in [0.25, 0.3) is 17.4 Å². The first-order valence-corrected chi connectivity index (χ1v) is 20.2. The van der Waals surface area contributed by atoms with Crippen LogP contribution in [0.4, 0.5) is 14.6 Å². The highest BCUT2D eigenvalue weighted by atomic mass is 35.5. The first kappa shape index (κ1) is 37.4. The van der Waals surface area contributed by atoms with E-state index in [9.17, 15) is 32.0 Å². The summed E-state index contributed by atoms with van der Waals surface area (Å²) in [6.45, 7) is 2.98. The molecule has 5 aromatic rings. The number of nitrogens with one attached hydrogen (secondary N) is 1. The number of alkyl halides is 2. The number of fused-ring (bicyclic) bond motifs is 2. The van der Waals surface area contributed by atoms with Crippen molar-refractivity contribution in [1.29, 1.82) is 5.26 Å². The summed E-state index contributed by atoms with van der Waals surface area (Å²) in [6, 6.07) is 12.7. The lowest BCUT2D eigenvalue weighted by Crippen LogP contribution is -2.55. The highest BCUT2D eigenvalue weighted by molar-refractivity contribution is 7.89. The number of nitriles is 1. The summed E-state index contributed by atoms with van der Waals surface area (Å²) in [5, 5.41) is 13.1. The molecule has 1 saturated carbocycles. The third-order valence-corrected chi connectivity index (χ3v) is 11.9. The number of hydrogen-bond donors (Lipinski definition) is 1. The molecule has 11 nitrogen and oxygen atoms in total. The summed E-state index contributed by atoms with van der Waals surface area (Å²) in [6.07, 6.45) is 3.63. The number of carbonyl (C=O) groups excluding carboxylic acids is 1. The highest BCUT2D eigenvalue weighted by Gasteiger charge is 2.48. The Balaban J connectivity index is 1.17. The second kappa shape index (κ2) is 14.4. The number of piperidine rings is 1. The molecule has 3 aromatic heterocycles. The van der Waals surface area contributed by atoms with Crippen molar-refractivity contribution in [2.45, 2.75) is 57.2 Å². The van der Waals surface area contributed by atoms with Crippen molar-refractivity contribution in [3.8, 4) is 29.0 Å². The fraction of sp³-hybridized carbons (Fsp3) is 0.342. The summed E-state index contributed by atoms with van der Waals surface area (Å²) in [5.74, 6) is 3.70. The molecular weight excluding hydrogens is 756 g/mol. The van der Waals surface area contributed by atoms with Crippen molar-refractivity contribution < 1.29 is 22.0 Å². The lowest BCUT2D eigenvalue weighted by atomic mass is 9.85. The number of amides is 1. The number of benzene rings is 2. The van der Waals surface area contributed by atoms with Crippen LogP contribution in [0.2, 0.25) is 5.02 Å². The van der Waals surface area contributed by atoms with Gasteiger partial charge in [-0.1, -0.05) is 41.6 Å². The summed E-state index contributed by atoms with van der Waals surface area (Å²) in [4.78, 5) is 40.0. The molecule has 2 aromatic carbocycles. The molecule has 7 rings (SSSR count). The monoisotopic (exact) mass is 789 g/mol. The van der Waals surface area contributed by atoms with Crippen LogP contribution in [-0.2, 0) is 16.6 Å². The van der Waals surface area contributed by atoms with Crippen LogP contribution in [0, 0.1) is 30.1 Å². The van der Waals surface area contributed by atoms with Crippen LogP contribution in [0.25, 0.3) is 32.1 Å². The molecule has 1 aliphatic carbocycles. The molecule has 2 aliphatic rings. The fourth-order valence-electron chi connectivity index (χ4n) is 7.30. The Morgan fingerprint density at radius 2 is 1.93 bits per heavy atom. The van der Waals surface area contributed by atoms with Crippen molar-refractivity contribution in [3.63, 3.8) is 0 Å². The molecule has 0 unspecified atom stereocenters. The minimum atomic E-state index is -3.77. The van der Waals surface area contributed by atoms with E-state index in [0.717, 1.165) is 16.5 Å². The van der Waals surface area contributed by atoms with Crippen molar-refractivity contribution >= 4 is 65.7 Å². The maximum atomic E-state index is 14.1. The molecule has 4 heterocycles. The van der Waals surface area contributed by atoms with Gasteiger partial charge >= 0.3 is 0 Å². The van der Waals surface area contributed by atoms with Gasteiger partial charge in [-0.25, -0.2) is 31.9 Å². The Hall–Kier alpha value is -4.93. The van der Waals surface area contributed by atoms with Gasteiger partial charge in [-0.15, -0.1) is 11.3 Å². The number of hydrogen-bond acceptors (Lipinski definition) is 10. The van der Waals surface area contributed by atoms with Gasteiger partial charge in [-0.3, -0.25) is 19.1 Å². The van der Waals surface area contributed by atoms with E-state index in [1.807, 2.05) is 22.7 Å². The van der Waals surface area contributed by atoms with Crippen molar-refractivity contribution in [2.24, 2.45) is 0 Å². The Labute approximate surface area is 319 Å². The number of sulfonamides is 1. The quantitative estimate of drug-likeness (QED) is 0.198. The average molecular weight is 790 g/mol. The second-order valence-corrected chi connectivity index (χ2v) is 16.8. The summed E-state index contributed by atoms with van der Waals surface area (Å²) in [5.41, 5.74) is 2.22. The Morgan fingerprint density at radius 3 is 2.61 bits per heavy atom. The zero-order valence-electron chi connectivity index (χ0n) is 29.5. The molecule has 1 saturated heterocycles. The number of aryl methyl sites for hydroxylation is 1. The van der Waals surface area contributed by atoms with Crippen molar-refractivity contribution in [1.82, 2.24) is 24.2 Å². The minimum Gasteiger partial charge on any atom is -0.355 e. The van der Waals surface area contributed by atoms with Crippen molar-refractivity contribution in [2.75, 3.05) is 31.3 Å². The maximum absolute atomic E-state index is 14.1. The maximum Gasteiger partial charge on any atom is 0.266 e. The van der Waals surface area contributed by atoms with E-state index in [-0.39, 0.29) is 48.0 Å². The van der Waals surface area contributed by atoms with E-state index in [0.29, 0.717) is 64.6 Å². The van der Waals surface area contributed by atoms with Gasteiger partial charge < -0.3 is 4.90 Å². The summed E-state index contributed by atoms with van der Waals surface area (Å²) in [7, 11) is -1.93. The van der Waals surface area contributed by atoms with E-state index in [4.69, 9.17) is 11.6 Å². The van der Waals surface area contributed by atoms with Crippen LogP contribution in [0.5, 0.6) is 0 Å². The average Bonchev–Trinajstić information content (AvgIpc) is 3.56. The number of rotatable bonds is 7. The SMILES string of the molecule is Cc1nc2cnc(N(C)C3CCN(C4CC(F)(F)C4)CC3)c(C#N)c2c(=O)n1CC#Cc1ccc(Cl)cc1-c1cccc2c(C(=O)NS(C)(=O)=O)csc12. The number of pyridine rings is 1. The number of carbonyl (C=O) groups is 1. The van der Waals surface area contributed by atoms with Crippen molar-refractivity contribution in [3.05, 3.63) is 85.9 Å². The number of aromatic nitrogens is 3. The molecule has 0 atom stereocenters. The standard InChI is InChI=1S/C38H34ClF2N7O4S2/c1-22-44-32-20-43-35(46(2)25-11-14-47(15-12-25)26-17-38(40,41)18-26)30(19-42)33(32)37(50)48(22)13-5-6-23-9-10-24(39)16-29(23)27-7-4-8-28-31(21-53-34(27)28)36(49)45-54(3,51)52/h4,7-10,16,20-21,25-26H,11-15,17-18H2,1-3H3,(H,45,49). The molecule has 1 N–H and O–H groups in total. The molecule has 0 spiro atoms. The van der Waals surface area contributed by atoms with Gasteiger partial charge in [0.1, 0.15) is 23.3 Å². The Kier molecular flexibility index (Phi) is 9.95. The zero-order chi connectivity index (χ0) is 38.5. The molecule has 54 heavy (non-hydrogen) atoms. The van der Waals surface area contributed by atoms with E-state index in [2.05, 4.69) is 32.8 Å². The molecule has 1 aliphatic heterocycles. The first-order valence-electron chi connectivity index (χ1n) is 17.1. The largest absolute Gasteiger partial charge is 0.355 e. The lowest BCUT2D eigenvalue weighted by Gasteiger charge is -2.46. The van der Waals surface area contributed by atoms with Gasteiger partial charge in [0.05, 0.1) is 35.5 Å². The number of likely N-dealkylation sites (tertiary alicyclic amines) is 1. The molecular formula is C38H34ClF2N7O4S2. The van der Waals surface area contributed by atoms with E-state index in [1.165, 1.54) is 22.1 Å². The molecule has 0 bridgehead atoms. The molecule has 0 radical (unpaired) electrons. The van der Waals surface area contributed by atoms with E-state index >= 15 is 0 Å². The molecule has 16 heteroatoms. The van der Waals surface area contributed by atoms with E-state index < -0.39 is 27.4 Å². The van der Waals surface area contributed by atoms with E-state index in [1.54, 1.807) is 42.6 Å². The zero-order valence-corrected chi connectivity index (χ0v) is 31.9. The first-order chi connectivity index (χ1) is 25.6. The molecule has 1 amide bonds. The van der Waals surface area contributed by atoms with Crippen LogP contribution >= 0.6 is 22.9 Å². The van der Waals surface area contributed by atoms with Crippen LogP contribution in [0.3, 0.4) is 0 Å². The van der Waals surface area contributed by atoms with Crippen LogP contribution < -0.4 is 15.2 Å². The van der Waals surface area contributed by atoms with Crippen LogP contribution in [0.15, 0.2) is 52.8 Å². The summed E-state index contributed by atoms with van der Waals surface area (Å²) < 4.78 is 54.5. The normalized spacial score (nSPS) is 16.4. The third-order valence-electron chi connectivity index (χ3n) is 10.1. The number of nitrogens with zero attached hydrogens (tertiary/aromatic N) is 6. The molecule has 2 fully saturated rings. The van der Waals surface area contributed by atoms with Crippen LogP contribution in [-0.4, -0.2) is 78.2 Å². The Morgan fingerprint density at radius 1 is 1.19 bits per heavy atom. The van der Waals surface area contributed by atoms with Crippen LogP contribution in [0.1, 0.15) is 53.0 Å². The van der Waals surface area contributed by atoms with Gasteiger partial charge in [-0.05, 0) is 38.0 Å². The fourth-order valence-corrected chi connectivity index (χ4v) is 9.00. The predicted octanol–water partition coefficient (Wildman–Crippen LogP) is 5.95. The number of halogens is 3. The topological polar surface area (TPSA) is 141 Å². The van der Waals surface area contributed by atoms with Gasteiger partial charge in [0.15, 0.2) is 0 Å². The summed E-state index contributed by atoms with van der Waals surface area (Å²) >= 11 is 7.72. The lowest BCUT2D eigenvalue weighted by molar-refractivity contribution is -0.127. The molecule has 278 valence electrons. The van der Waals surface area contributed by atoms with Gasteiger partial charge in [0.2, 0.25) is 10.0 Å². The predicted molar refractivity (Wildman–Crippen MR) is 206 cm³/mol. The smallest absolute Gasteiger partial charge is 0.266 e. The van der Waals surface area contributed by atoms with Gasteiger partial charge in [-0.2, -0.15) is 5.26 Å². The second-order valence-electron chi connectivity index (χ2n) is 13.7. The van der Waals surface area contributed by atoms with Gasteiger partial charge in [0, 0.05) is 82.2 Å². The Bertz CT molecular complexity index is 2610. The third kappa shape index (κ3) is 7.29.